The van der Waals surface area contributed by atoms with Crippen molar-refractivity contribution < 1.29 is 24.4 Å². The Labute approximate surface area is 182 Å². The molecular formula is C23H19N3O6. The number of nitrogens with one attached hydrogen (secondary N) is 2. The predicted molar refractivity (Wildman–Crippen MR) is 119 cm³/mol. The monoisotopic (exact) mass is 433 g/mol. The van der Waals surface area contributed by atoms with Gasteiger partial charge in [0, 0.05) is 6.07 Å². The molecule has 4 rings (SSSR count). The third-order valence-electron chi connectivity index (χ3n) is 5.41. The first kappa shape index (κ1) is 20.9. The number of carbonyl (C=O) groups excluding carboxylic acids is 1. The summed E-state index contributed by atoms with van der Waals surface area (Å²) in [6.07, 6.45) is 0. The molecule has 1 aliphatic rings. The van der Waals surface area contributed by atoms with E-state index in [4.69, 9.17) is 4.74 Å². The normalized spacial score (nSPS) is 13.0. The van der Waals surface area contributed by atoms with Crippen LogP contribution in [-0.4, -0.2) is 29.0 Å². The summed E-state index contributed by atoms with van der Waals surface area (Å²) in [6, 6.07) is 14.8. The van der Waals surface area contributed by atoms with Crippen LogP contribution in [0.1, 0.15) is 28.8 Å². The molecule has 0 aliphatic carbocycles. The highest BCUT2D eigenvalue weighted by Gasteiger charge is 2.22. The van der Waals surface area contributed by atoms with E-state index in [1.54, 1.807) is 55.5 Å². The van der Waals surface area contributed by atoms with Crippen molar-refractivity contribution in [2.24, 2.45) is 0 Å². The molecule has 3 aromatic carbocycles. The number of anilines is 3. The molecule has 0 saturated heterocycles. The molecule has 9 nitrogen and oxygen atoms in total. The van der Waals surface area contributed by atoms with Crippen LogP contribution in [0.25, 0.3) is 11.1 Å². The van der Waals surface area contributed by atoms with Crippen LogP contribution in [-0.2, 0) is 4.79 Å². The fraction of sp³-hybridized carbons (Fsp3) is 0.130. The summed E-state index contributed by atoms with van der Waals surface area (Å²) < 4.78 is 5.15. The maximum Gasteiger partial charge on any atom is 0.310 e. The van der Waals surface area contributed by atoms with Gasteiger partial charge in [-0.25, -0.2) is 0 Å². The third-order valence-corrected chi connectivity index (χ3v) is 5.41. The van der Waals surface area contributed by atoms with E-state index < -0.39 is 16.8 Å². The first-order chi connectivity index (χ1) is 15.3. The van der Waals surface area contributed by atoms with E-state index in [-0.39, 0.29) is 17.3 Å². The van der Waals surface area contributed by atoms with Gasteiger partial charge in [0.1, 0.15) is 0 Å². The number of benzene rings is 3. The van der Waals surface area contributed by atoms with Gasteiger partial charge in [0.15, 0.2) is 5.75 Å². The van der Waals surface area contributed by atoms with Gasteiger partial charge in [0.2, 0.25) is 0 Å². The number of aliphatic carboxylic acids is 1. The van der Waals surface area contributed by atoms with Crippen LogP contribution in [0.3, 0.4) is 0 Å². The molecule has 162 valence electrons. The number of nitro groups is 1. The number of carboxylic acid groups (broad SMARTS) is 1. The van der Waals surface area contributed by atoms with E-state index in [0.717, 1.165) is 5.56 Å². The number of carbonyl (C=O) groups is 2. The zero-order valence-electron chi connectivity index (χ0n) is 17.2. The van der Waals surface area contributed by atoms with Gasteiger partial charge in [-0.1, -0.05) is 12.1 Å². The van der Waals surface area contributed by atoms with Crippen LogP contribution in [0.15, 0.2) is 54.6 Å². The van der Waals surface area contributed by atoms with Crippen molar-refractivity contribution in [2.45, 2.75) is 12.8 Å². The lowest BCUT2D eigenvalue weighted by molar-refractivity contribution is -0.385. The van der Waals surface area contributed by atoms with Gasteiger partial charge in [-0.15, -0.1) is 0 Å². The molecule has 1 heterocycles. The lowest BCUT2D eigenvalue weighted by Crippen LogP contribution is -2.11. The van der Waals surface area contributed by atoms with Gasteiger partial charge in [0.05, 0.1) is 40.6 Å². The minimum Gasteiger partial charge on any atom is -0.490 e. The van der Waals surface area contributed by atoms with E-state index in [0.29, 0.717) is 33.8 Å². The second kappa shape index (κ2) is 8.03. The van der Waals surface area contributed by atoms with Crippen LogP contribution >= 0.6 is 0 Å². The molecule has 9 heteroatoms. The summed E-state index contributed by atoms with van der Waals surface area (Å²) in [5.74, 6) is -1.83. The maximum absolute atomic E-state index is 12.7. The molecule has 1 amide bonds. The standard InChI is InChI=1S/C23H19N3O6/c1-12(23(28)29)13-4-7-17-19(9-13)24-18-10-14(3-6-16(18)22(27)25-17)15-5-8-20(26(30)31)21(11-15)32-2/h3-12,24H,1-2H3,(H,25,27)(H,28,29). The summed E-state index contributed by atoms with van der Waals surface area (Å²) in [5, 5.41) is 26.5. The number of fused-ring (bicyclic) bond motifs is 2. The number of amides is 1. The molecule has 3 N–H and O–H groups in total. The van der Waals surface area contributed by atoms with Crippen LogP contribution < -0.4 is 15.4 Å². The van der Waals surface area contributed by atoms with Gasteiger partial charge in [0.25, 0.3) is 5.91 Å². The number of hydrogen-bond donors (Lipinski definition) is 3. The Kier molecular flexibility index (Phi) is 5.23. The number of hydrogen-bond acceptors (Lipinski definition) is 6. The lowest BCUT2D eigenvalue weighted by Gasteiger charge is -2.14. The minimum atomic E-state index is -0.947. The average molecular weight is 433 g/mol. The van der Waals surface area contributed by atoms with E-state index in [1.807, 2.05) is 0 Å². The quantitative estimate of drug-likeness (QED) is 0.390. The fourth-order valence-corrected chi connectivity index (χ4v) is 3.55. The molecule has 0 bridgehead atoms. The number of nitro benzene ring substituents is 1. The SMILES string of the molecule is COc1cc(-c2ccc3c(c2)Nc2cc(C(C)C(=O)O)ccc2NC3=O)ccc1[N+](=O)[O-]. The van der Waals surface area contributed by atoms with E-state index in [2.05, 4.69) is 10.6 Å². The molecular weight excluding hydrogens is 414 g/mol. The average Bonchev–Trinajstić information content (AvgIpc) is 2.92. The molecule has 3 aromatic rings. The molecule has 0 fully saturated rings. The Morgan fingerprint density at radius 2 is 1.72 bits per heavy atom. The lowest BCUT2D eigenvalue weighted by atomic mass is 10.00. The van der Waals surface area contributed by atoms with E-state index in [9.17, 15) is 24.8 Å². The van der Waals surface area contributed by atoms with Gasteiger partial charge in [-0.2, -0.15) is 0 Å². The second-order valence-corrected chi connectivity index (χ2v) is 7.35. The van der Waals surface area contributed by atoms with Crippen molar-refractivity contribution in [3.8, 4) is 16.9 Å². The van der Waals surface area contributed by atoms with Crippen LogP contribution in [0, 0.1) is 10.1 Å². The summed E-state index contributed by atoms with van der Waals surface area (Å²) in [4.78, 5) is 34.7. The summed E-state index contributed by atoms with van der Waals surface area (Å²) in [6.45, 7) is 1.59. The zero-order valence-corrected chi connectivity index (χ0v) is 17.2. The Morgan fingerprint density at radius 1 is 1.00 bits per heavy atom. The maximum atomic E-state index is 12.7. The first-order valence-electron chi connectivity index (χ1n) is 9.70. The topological polar surface area (TPSA) is 131 Å². The Balaban J connectivity index is 1.76. The number of carboxylic acids is 1. The van der Waals surface area contributed by atoms with Crippen molar-refractivity contribution in [2.75, 3.05) is 17.7 Å². The highest BCUT2D eigenvalue weighted by Crippen LogP contribution is 2.38. The summed E-state index contributed by atoms with van der Waals surface area (Å²) in [5.41, 5.74) is 3.89. The molecule has 1 unspecified atom stereocenters. The van der Waals surface area contributed by atoms with Crippen LogP contribution in [0.5, 0.6) is 5.75 Å². The Morgan fingerprint density at radius 3 is 2.41 bits per heavy atom. The first-order valence-corrected chi connectivity index (χ1v) is 9.70. The molecule has 32 heavy (non-hydrogen) atoms. The second-order valence-electron chi connectivity index (χ2n) is 7.35. The van der Waals surface area contributed by atoms with E-state index >= 15 is 0 Å². The van der Waals surface area contributed by atoms with Gasteiger partial charge in [-0.3, -0.25) is 19.7 Å². The van der Waals surface area contributed by atoms with E-state index in [1.165, 1.54) is 13.2 Å². The van der Waals surface area contributed by atoms with Crippen molar-refractivity contribution >= 4 is 34.6 Å². The third kappa shape index (κ3) is 3.71. The van der Waals surface area contributed by atoms with Crippen molar-refractivity contribution in [3.05, 3.63) is 75.8 Å². The molecule has 0 radical (unpaired) electrons. The number of rotatable bonds is 5. The predicted octanol–water partition coefficient (Wildman–Crippen LogP) is 4.77. The molecule has 0 saturated carbocycles. The number of ether oxygens (including phenoxy) is 1. The molecule has 1 aliphatic heterocycles. The molecule has 1 atom stereocenters. The Hall–Kier alpha value is -4.40. The number of nitrogens with zero attached hydrogens (tertiary/aromatic N) is 1. The summed E-state index contributed by atoms with van der Waals surface area (Å²) >= 11 is 0. The van der Waals surface area contributed by atoms with Crippen LogP contribution in [0.2, 0.25) is 0 Å². The van der Waals surface area contributed by atoms with Crippen LogP contribution in [0.4, 0.5) is 22.7 Å². The highest BCUT2D eigenvalue weighted by atomic mass is 16.6. The zero-order chi connectivity index (χ0) is 23.0. The highest BCUT2D eigenvalue weighted by molar-refractivity contribution is 6.12. The fourth-order valence-electron chi connectivity index (χ4n) is 3.55. The largest absolute Gasteiger partial charge is 0.490 e. The molecule has 0 aromatic heterocycles. The smallest absolute Gasteiger partial charge is 0.310 e. The Bertz CT molecular complexity index is 1270. The van der Waals surface area contributed by atoms with Gasteiger partial charge in [-0.05, 0) is 60.0 Å². The molecule has 0 spiro atoms. The van der Waals surface area contributed by atoms with Crippen molar-refractivity contribution in [3.63, 3.8) is 0 Å². The van der Waals surface area contributed by atoms with Crippen molar-refractivity contribution in [1.29, 1.82) is 0 Å². The summed E-state index contributed by atoms with van der Waals surface area (Å²) in [7, 11) is 1.36. The van der Waals surface area contributed by atoms with Crippen molar-refractivity contribution in [1.82, 2.24) is 0 Å². The number of methoxy groups -OCH3 is 1. The minimum absolute atomic E-state index is 0.130. The van der Waals surface area contributed by atoms with Gasteiger partial charge < -0.3 is 20.5 Å². The van der Waals surface area contributed by atoms with Gasteiger partial charge >= 0.3 is 11.7 Å².